The molecule has 0 saturated heterocycles. The molecule has 0 aromatic heterocycles. The van der Waals surface area contributed by atoms with Gasteiger partial charge in [-0.2, -0.15) is 13.2 Å². The van der Waals surface area contributed by atoms with E-state index < -0.39 is 42.0 Å². The first kappa shape index (κ1) is 21.1. The maximum atomic E-state index is 12.9. The lowest BCUT2D eigenvalue weighted by Gasteiger charge is -2.15. The number of halogens is 3. The fourth-order valence-corrected chi connectivity index (χ4v) is 2.19. The summed E-state index contributed by atoms with van der Waals surface area (Å²) in [5.41, 5.74) is -1.41. The number of nitrogens with one attached hydrogen (secondary N) is 1. The van der Waals surface area contributed by atoms with Gasteiger partial charge in [0.05, 0.1) is 18.4 Å². The molecule has 1 unspecified atom stereocenters. The summed E-state index contributed by atoms with van der Waals surface area (Å²) in [7, 11) is 1.51. The minimum Gasteiger partial charge on any atom is -0.497 e. The third-order valence-electron chi connectivity index (χ3n) is 3.56. The van der Waals surface area contributed by atoms with Crippen LogP contribution in [0.15, 0.2) is 48.5 Å². The average molecular weight is 397 g/mol. The predicted molar refractivity (Wildman–Crippen MR) is 94.1 cm³/mol. The van der Waals surface area contributed by atoms with Crippen molar-refractivity contribution in [2.75, 3.05) is 19.0 Å². The van der Waals surface area contributed by atoms with Crippen molar-refractivity contribution in [1.82, 2.24) is 0 Å². The Kier molecular flexibility index (Phi) is 6.86. The molecular weight excluding hydrogens is 379 g/mol. The minimum absolute atomic E-state index is 0.383. The summed E-state index contributed by atoms with van der Waals surface area (Å²) in [6.45, 7) is 0.671. The van der Waals surface area contributed by atoms with Gasteiger partial charge >= 0.3 is 12.1 Å². The summed E-state index contributed by atoms with van der Waals surface area (Å²) in [5.74, 6) is -0.746. The summed E-state index contributed by atoms with van der Waals surface area (Å²) in [6, 6.07) is 11.0. The van der Waals surface area contributed by atoms with Gasteiger partial charge in [-0.15, -0.1) is 0 Å². The molecule has 0 aliphatic heterocycles. The molecule has 0 fully saturated rings. The first-order valence-electron chi connectivity index (χ1n) is 8.14. The Morgan fingerprint density at radius 2 is 1.64 bits per heavy atom. The van der Waals surface area contributed by atoms with Crippen molar-refractivity contribution in [3.63, 3.8) is 0 Å². The van der Waals surface area contributed by atoms with Crippen LogP contribution < -0.4 is 14.8 Å². The Morgan fingerprint density at radius 1 is 1.04 bits per heavy atom. The second kappa shape index (κ2) is 9.12. The van der Waals surface area contributed by atoms with E-state index in [0.29, 0.717) is 11.5 Å². The van der Waals surface area contributed by atoms with Crippen LogP contribution in [0.2, 0.25) is 0 Å². The number of hydrogen-bond acceptors (Lipinski definition) is 5. The maximum Gasteiger partial charge on any atom is 0.418 e. The van der Waals surface area contributed by atoms with Crippen molar-refractivity contribution in [3.05, 3.63) is 54.1 Å². The molecule has 2 rings (SSSR count). The number of amides is 1. The Bertz CT molecular complexity index is 821. The van der Waals surface area contributed by atoms with Gasteiger partial charge in [-0.05, 0) is 43.3 Å². The lowest BCUT2D eigenvalue weighted by atomic mass is 10.1. The first-order valence-corrected chi connectivity index (χ1v) is 8.14. The molecule has 0 saturated carbocycles. The molecule has 0 spiro atoms. The van der Waals surface area contributed by atoms with Gasteiger partial charge in [0.15, 0.2) is 12.7 Å². The highest BCUT2D eigenvalue weighted by Gasteiger charge is 2.33. The molecule has 1 atom stereocenters. The van der Waals surface area contributed by atoms with Crippen molar-refractivity contribution in [2.45, 2.75) is 19.2 Å². The molecule has 150 valence electrons. The fourth-order valence-electron chi connectivity index (χ4n) is 2.19. The van der Waals surface area contributed by atoms with Crippen molar-refractivity contribution >= 4 is 17.6 Å². The highest BCUT2D eigenvalue weighted by Crippen LogP contribution is 2.34. The van der Waals surface area contributed by atoms with E-state index in [1.54, 1.807) is 24.3 Å². The van der Waals surface area contributed by atoms with Crippen LogP contribution >= 0.6 is 0 Å². The monoisotopic (exact) mass is 397 g/mol. The number of benzene rings is 2. The van der Waals surface area contributed by atoms with Gasteiger partial charge in [0, 0.05) is 0 Å². The van der Waals surface area contributed by atoms with Crippen molar-refractivity contribution in [3.8, 4) is 11.5 Å². The molecule has 9 heteroatoms. The van der Waals surface area contributed by atoms with Crippen LogP contribution in [0.1, 0.15) is 12.5 Å². The van der Waals surface area contributed by atoms with E-state index in [-0.39, 0.29) is 0 Å². The van der Waals surface area contributed by atoms with Crippen molar-refractivity contribution in [2.24, 2.45) is 0 Å². The van der Waals surface area contributed by atoms with Gasteiger partial charge in [0.1, 0.15) is 11.5 Å². The van der Waals surface area contributed by atoms with Crippen LogP contribution in [-0.2, 0) is 20.5 Å². The number of ether oxygens (including phenoxy) is 3. The Labute approximate surface area is 159 Å². The van der Waals surface area contributed by atoms with E-state index in [1.165, 1.54) is 26.2 Å². The number of carbonyl (C=O) groups is 2. The molecule has 6 nitrogen and oxygen atoms in total. The third-order valence-corrected chi connectivity index (χ3v) is 3.56. The number of hydrogen-bond donors (Lipinski definition) is 1. The third kappa shape index (κ3) is 5.90. The largest absolute Gasteiger partial charge is 0.497 e. The molecule has 28 heavy (non-hydrogen) atoms. The van der Waals surface area contributed by atoms with Gasteiger partial charge in [-0.25, -0.2) is 4.79 Å². The van der Waals surface area contributed by atoms with Crippen molar-refractivity contribution < 1.29 is 37.0 Å². The van der Waals surface area contributed by atoms with Crippen LogP contribution in [0, 0.1) is 0 Å². The molecule has 0 aliphatic rings. The lowest BCUT2D eigenvalue weighted by molar-refractivity contribution is -0.153. The van der Waals surface area contributed by atoms with E-state index in [2.05, 4.69) is 5.32 Å². The molecule has 2 aromatic carbocycles. The molecule has 0 bridgehead atoms. The van der Waals surface area contributed by atoms with E-state index in [4.69, 9.17) is 14.2 Å². The van der Waals surface area contributed by atoms with E-state index in [0.717, 1.165) is 12.1 Å². The van der Waals surface area contributed by atoms with Crippen LogP contribution in [0.25, 0.3) is 0 Å². The number of esters is 1. The summed E-state index contributed by atoms with van der Waals surface area (Å²) in [6.07, 6.45) is -5.65. The second-order valence-electron chi connectivity index (χ2n) is 5.63. The van der Waals surface area contributed by atoms with E-state index in [1.807, 2.05) is 0 Å². The average Bonchev–Trinajstić information content (AvgIpc) is 2.66. The van der Waals surface area contributed by atoms with Crippen LogP contribution in [0.3, 0.4) is 0 Å². The minimum atomic E-state index is -4.62. The second-order valence-corrected chi connectivity index (χ2v) is 5.63. The fraction of sp³-hybridized carbons (Fsp3) is 0.263. The van der Waals surface area contributed by atoms with Crippen LogP contribution in [0.4, 0.5) is 18.9 Å². The summed E-state index contributed by atoms with van der Waals surface area (Å²) in [4.78, 5) is 23.8. The molecule has 0 aliphatic carbocycles. The highest BCUT2D eigenvalue weighted by molar-refractivity contribution is 5.93. The topological polar surface area (TPSA) is 73.9 Å². The number of alkyl halides is 3. The number of para-hydroxylation sites is 1. The summed E-state index contributed by atoms with van der Waals surface area (Å²) >= 11 is 0. The van der Waals surface area contributed by atoms with Crippen molar-refractivity contribution in [1.29, 1.82) is 0 Å². The number of methoxy groups -OCH3 is 1. The molecule has 0 heterocycles. The smallest absolute Gasteiger partial charge is 0.418 e. The first-order chi connectivity index (χ1) is 13.2. The molecular formula is C19H18F3NO5. The lowest BCUT2D eigenvalue weighted by Crippen LogP contribution is -2.30. The molecule has 1 N–H and O–H groups in total. The van der Waals surface area contributed by atoms with Gasteiger partial charge in [-0.1, -0.05) is 12.1 Å². The number of rotatable bonds is 7. The number of carbonyl (C=O) groups excluding carboxylic acids is 2. The quantitative estimate of drug-likeness (QED) is 0.722. The Hall–Kier alpha value is -3.23. The maximum absolute atomic E-state index is 12.9. The summed E-state index contributed by atoms with van der Waals surface area (Å²) < 4.78 is 53.9. The highest BCUT2D eigenvalue weighted by atomic mass is 19.4. The SMILES string of the molecule is COc1ccc(OC(C)C(=O)OCC(=O)Nc2ccccc2C(F)(F)F)cc1. The van der Waals surface area contributed by atoms with Gasteiger partial charge in [-0.3, -0.25) is 4.79 Å². The standard InChI is InChI=1S/C19H18F3NO5/c1-12(28-14-9-7-13(26-2)8-10-14)18(25)27-11-17(24)23-16-6-4-3-5-15(16)19(20,21)22/h3-10,12H,11H2,1-2H3,(H,23,24). The summed E-state index contributed by atoms with van der Waals surface area (Å²) in [5, 5.41) is 2.08. The molecule has 2 aromatic rings. The van der Waals surface area contributed by atoms with Gasteiger partial charge < -0.3 is 19.5 Å². The zero-order chi connectivity index (χ0) is 20.7. The van der Waals surface area contributed by atoms with Gasteiger partial charge in [0.2, 0.25) is 0 Å². The van der Waals surface area contributed by atoms with Gasteiger partial charge in [0.25, 0.3) is 5.91 Å². The molecule has 1 amide bonds. The predicted octanol–water partition coefficient (Wildman–Crippen LogP) is 3.66. The van der Waals surface area contributed by atoms with E-state index in [9.17, 15) is 22.8 Å². The van der Waals surface area contributed by atoms with E-state index >= 15 is 0 Å². The Balaban J connectivity index is 1.87. The van der Waals surface area contributed by atoms with Crippen LogP contribution in [0.5, 0.6) is 11.5 Å². The Morgan fingerprint density at radius 3 is 2.25 bits per heavy atom. The normalized spacial score (nSPS) is 12.0. The van der Waals surface area contributed by atoms with Crippen LogP contribution in [-0.4, -0.2) is 31.7 Å². The zero-order valence-corrected chi connectivity index (χ0v) is 15.1. The molecule has 0 radical (unpaired) electrons. The zero-order valence-electron chi connectivity index (χ0n) is 15.1. The number of anilines is 1.